The maximum absolute atomic E-state index is 13.1. The molecule has 0 saturated carbocycles. The summed E-state index contributed by atoms with van der Waals surface area (Å²) in [7, 11) is 1.81. The molecule has 1 aromatic carbocycles. The second-order valence-electron chi connectivity index (χ2n) is 3.17. The third kappa shape index (κ3) is 3.07. The van der Waals surface area contributed by atoms with Crippen LogP contribution < -0.4 is 5.32 Å². The SMILES string of the molecule is CNCCC#Cc1cc(F)c(O)c(C=O)c1. The molecule has 0 aliphatic carbocycles. The summed E-state index contributed by atoms with van der Waals surface area (Å²) in [4.78, 5) is 10.5. The largest absolute Gasteiger partial charge is 0.504 e. The lowest BCUT2D eigenvalue weighted by Crippen LogP contribution is -2.05. The van der Waals surface area contributed by atoms with Crippen molar-refractivity contribution in [3.05, 3.63) is 29.1 Å². The minimum Gasteiger partial charge on any atom is -0.504 e. The summed E-state index contributed by atoms with van der Waals surface area (Å²) in [6.45, 7) is 0.744. The minimum atomic E-state index is -0.831. The van der Waals surface area contributed by atoms with Crippen molar-refractivity contribution in [2.45, 2.75) is 6.42 Å². The second kappa shape index (κ2) is 5.89. The highest BCUT2D eigenvalue weighted by atomic mass is 19.1. The smallest absolute Gasteiger partial charge is 0.166 e. The lowest BCUT2D eigenvalue weighted by molar-refractivity contribution is 0.112. The van der Waals surface area contributed by atoms with E-state index in [0.717, 1.165) is 12.6 Å². The molecule has 0 aromatic heterocycles. The van der Waals surface area contributed by atoms with Gasteiger partial charge in [0.1, 0.15) is 0 Å². The summed E-state index contributed by atoms with van der Waals surface area (Å²) >= 11 is 0. The number of nitrogens with one attached hydrogen (secondary N) is 1. The normalized spacial score (nSPS) is 9.38. The molecule has 0 aliphatic rings. The third-order valence-electron chi connectivity index (χ3n) is 1.95. The minimum absolute atomic E-state index is 0.0853. The predicted molar refractivity (Wildman–Crippen MR) is 58.9 cm³/mol. The van der Waals surface area contributed by atoms with E-state index in [1.54, 1.807) is 0 Å². The lowest BCUT2D eigenvalue weighted by atomic mass is 10.1. The molecule has 0 aliphatic heterocycles. The zero-order valence-corrected chi connectivity index (χ0v) is 8.88. The predicted octanol–water partition coefficient (Wildman–Crippen LogP) is 1.30. The fourth-order valence-electron chi connectivity index (χ4n) is 1.13. The molecule has 0 saturated heterocycles. The number of phenolic OH excluding ortho intramolecular Hbond substituents is 1. The van der Waals surface area contributed by atoms with E-state index < -0.39 is 11.6 Å². The van der Waals surface area contributed by atoms with Gasteiger partial charge < -0.3 is 10.4 Å². The van der Waals surface area contributed by atoms with Gasteiger partial charge >= 0.3 is 0 Å². The average molecular weight is 221 g/mol. The molecule has 84 valence electrons. The van der Waals surface area contributed by atoms with Crippen LogP contribution in [0.3, 0.4) is 0 Å². The average Bonchev–Trinajstić information content (AvgIpc) is 2.29. The third-order valence-corrected chi connectivity index (χ3v) is 1.95. The summed E-state index contributed by atoms with van der Waals surface area (Å²) in [5, 5.41) is 12.1. The standard InChI is InChI=1S/C12H12FNO2/c1-14-5-3-2-4-9-6-10(8-15)12(16)11(13)7-9/h6-8,14,16H,3,5H2,1H3. The highest BCUT2D eigenvalue weighted by Gasteiger charge is 2.07. The monoisotopic (exact) mass is 221 g/mol. The number of carbonyl (C=O) groups is 1. The Bertz CT molecular complexity index is 446. The summed E-state index contributed by atoms with van der Waals surface area (Å²) in [6, 6.07) is 2.46. The molecule has 0 amide bonds. The Labute approximate surface area is 93.3 Å². The second-order valence-corrected chi connectivity index (χ2v) is 3.17. The van der Waals surface area contributed by atoms with E-state index in [2.05, 4.69) is 17.2 Å². The molecule has 1 rings (SSSR count). The molecule has 0 spiro atoms. The highest BCUT2D eigenvalue weighted by molar-refractivity contribution is 5.80. The number of aldehydes is 1. The van der Waals surface area contributed by atoms with Crippen LogP contribution in [0.2, 0.25) is 0 Å². The number of aromatic hydroxyl groups is 1. The maximum atomic E-state index is 13.1. The van der Waals surface area contributed by atoms with Crippen LogP contribution in [0.1, 0.15) is 22.3 Å². The molecule has 3 nitrogen and oxygen atoms in total. The Hall–Kier alpha value is -1.86. The number of hydrogen-bond acceptors (Lipinski definition) is 3. The van der Waals surface area contributed by atoms with Gasteiger partial charge in [-0.15, -0.1) is 0 Å². The maximum Gasteiger partial charge on any atom is 0.166 e. The van der Waals surface area contributed by atoms with Crippen LogP contribution >= 0.6 is 0 Å². The van der Waals surface area contributed by atoms with Crippen LogP contribution in [-0.2, 0) is 0 Å². The van der Waals surface area contributed by atoms with Crippen LogP contribution in [0.4, 0.5) is 4.39 Å². The first-order valence-corrected chi connectivity index (χ1v) is 4.80. The fraction of sp³-hybridized carbons (Fsp3) is 0.250. The molecule has 2 N–H and O–H groups in total. The Morgan fingerprint density at radius 1 is 1.56 bits per heavy atom. The van der Waals surface area contributed by atoms with Crippen molar-refractivity contribution in [1.82, 2.24) is 5.32 Å². The fourth-order valence-corrected chi connectivity index (χ4v) is 1.13. The number of hydrogen-bond donors (Lipinski definition) is 2. The van der Waals surface area contributed by atoms with Crippen molar-refractivity contribution >= 4 is 6.29 Å². The molecule has 0 atom stereocenters. The first-order chi connectivity index (χ1) is 7.69. The van der Waals surface area contributed by atoms with Crippen LogP contribution in [0.25, 0.3) is 0 Å². The van der Waals surface area contributed by atoms with Crippen molar-refractivity contribution in [1.29, 1.82) is 0 Å². The summed E-state index contributed by atoms with van der Waals surface area (Å²) in [5.41, 5.74) is 0.298. The van der Waals surface area contributed by atoms with E-state index in [1.807, 2.05) is 7.05 Å². The van der Waals surface area contributed by atoms with E-state index in [0.29, 0.717) is 18.3 Å². The molecule has 0 radical (unpaired) electrons. The van der Waals surface area contributed by atoms with Crippen LogP contribution in [0.15, 0.2) is 12.1 Å². The van der Waals surface area contributed by atoms with E-state index in [-0.39, 0.29) is 5.56 Å². The molecular weight excluding hydrogens is 209 g/mol. The van der Waals surface area contributed by atoms with Gasteiger partial charge in [0.15, 0.2) is 17.9 Å². The van der Waals surface area contributed by atoms with Gasteiger partial charge in [0.2, 0.25) is 0 Å². The number of carbonyl (C=O) groups excluding carboxylic acids is 1. The van der Waals surface area contributed by atoms with E-state index in [1.165, 1.54) is 6.07 Å². The van der Waals surface area contributed by atoms with Crippen molar-refractivity contribution in [2.75, 3.05) is 13.6 Å². The van der Waals surface area contributed by atoms with Crippen molar-refractivity contribution in [2.24, 2.45) is 0 Å². The summed E-state index contributed by atoms with van der Waals surface area (Å²) in [5.74, 6) is 4.09. The molecule has 0 bridgehead atoms. The first kappa shape index (κ1) is 12.2. The quantitative estimate of drug-likeness (QED) is 0.459. The molecular formula is C12H12FNO2. The molecule has 0 unspecified atom stereocenters. The Balaban J connectivity index is 2.92. The zero-order valence-electron chi connectivity index (χ0n) is 8.88. The van der Waals surface area contributed by atoms with E-state index in [4.69, 9.17) is 5.11 Å². The summed E-state index contributed by atoms with van der Waals surface area (Å²) < 4.78 is 13.1. The first-order valence-electron chi connectivity index (χ1n) is 4.80. The number of benzene rings is 1. The molecule has 0 heterocycles. The van der Waals surface area contributed by atoms with E-state index >= 15 is 0 Å². The Kier molecular flexibility index (Phi) is 4.49. The zero-order chi connectivity index (χ0) is 12.0. The van der Waals surface area contributed by atoms with Gasteiger partial charge in [-0.3, -0.25) is 4.79 Å². The van der Waals surface area contributed by atoms with Crippen LogP contribution in [0, 0.1) is 17.7 Å². The van der Waals surface area contributed by atoms with Crippen molar-refractivity contribution < 1.29 is 14.3 Å². The lowest BCUT2D eigenvalue weighted by Gasteiger charge is -1.99. The van der Waals surface area contributed by atoms with Crippen LogP contribution in [-0.4, -0.2) is 25.0 Å². The number of halogens is 1. The summed E-state index contributed by atoms with van der Waals surface area (Å²) in [6.07, 6.45) is 1.03. The van der Waals surface area contributed by atoms with Crippen molar-refractivity contribution in [3.63, 3.8) is 0 Å². The topological polar surface area (TPSA) is 49.3 Å². The Morgan fingerprint density at radius 2 is 2.31 bits per heavy atom. The Morgan fingerprint density at radius 3 is 2.94 bits per heavy atom. The van der Waals surface area contributed by atoms with Gasteiger partial charge in [-0.2, -0.15) is 0 Å². The van der Waals surface area contributed by atoms with Gasteiger partial charge in [0.05, 0.1) is 5.56 Å². The highest BCUT2D eigenvalue weighted by Crippen LogP contribution is 2.21. The molecule has 16 heavy (non-hydrogen) atoms. The van der Waals surface area contributed by atoms with Gasteiger partial charge in [-0.05, 0) is 19.2 Å². The molecule has 0 fully saturated rings. The number of rotatable bonds is 3. The van der Waals surface area contributed by atoms with Gasteiger partial charge in [0, 0.05) is 18.5 Å². The van der Waals surface area contributed by atoms with Gasteiger partial charge in [-0.1, -0.05) is 11.8 Å². The number of phenols is 1. The van der Waals surface area contributed by atoms with E-state index in [9.17, 15) is 9.18 Å². The van der Waals surface area contributed by atoms with Gasteiger partial charge in [0.25, 0.3) is 0 Å². The van der Waals surface area contributed by atoms with Crippen LogP contribution in [0.5, 0.6) is 5.75 Å². The molecule has 1 aromatic rings. The molecule has 4 heteroatoms. The van der Waals surface area contributed by atoms with Crippen molar-refractivity contribution in [3.8, 4) is 17.6 Å². The van der Waals surface area contributed by atoms with Gasteiger partial charge in [-0.25, -0.2) is 4.39 Å².